The summed E-state index contributed by atoms with van der Waals surface area (Å²) in [6.45, 7) is 0. The molecule has 0 aliphatic heterocycles. The van der Waals surface area contributed by atoms with Crippen molar-refractivity contribution in [2.45, 2.75) is 6.43 Å². The highest BCUT2D eigenvalue weighted by Gasteiger charge is 2.14. The molecule has 0 unspecified atom stereocenters. The van der Waals surface area contributed by atoms with Gasteiger partial charge in [0.1, 0.15) is 11.4 Å². The van der Waals surface area contributed by atoms with Crippen LogP contribution in [0.5, 0.6) is 5.75 Å². The molecule has 0 saturated heterocycles. The maximum Gasteiger partial charge on any atom is 0.268 e. The third-order valence-corrected chi connectivity index (χ3v) is 1.49. The standard InChI is InChI=1S/C8H7F2NO2/c1-13-7-2-5(4-12)11-3-6(7)8(9)10/h2-4,8H,1H3. The first-order valence-electron chi connectivity index (χ1n) is 3.46. The predicted molar refractivity (Wildman–Crippen MR) is 41.1 cm³/mol. The van der Waals surface area contributed by atoms with Crippen LogP contribution in [0.3, 0.4) is 0 Å². The van der Waals surface area contributed by atoms with E-state index in [9.17, 15) is 13.6 Å². The summed E-state index contributed by atoms with van der Waals surface area (Å²) in [6, 6.07) is 1.18. The number of aldehydes is 1. The van der Waals surface area contributed by atoms with E-state index in [1.165, 1.54) is 13.2 Å². The molecule has 1 heterocycles. The minimum Gasteiger partial charge on any atom is -0.496 e. The first kappa shape index (κ1) is 9.57. The van der Waals surface area contributed by atoms with Crippen LogP contribution in [0.4, 0.5) is 8.78 Å². The van der Waals surface area contributed by atoms with E-state index < -0.39 is 6.43 Å². The highest BCUT2D eigenvalue weighted by Crippen LogP contribution is 2.27. The van der Waals surface area contributed by atoms with Gasteiger partial charge in [-0.25, -0.2) is 8.78 Å². The molecule has 13 heavy (non-hydrogen) atoms. The zero-order chi connectivity index (χ0) is 9.84. The van der Waals surface area contributed by atoms with Gasteiger partial charge in [0, 0.05) is 12.3 Å². The molecule has 0 radical (unpaired) electrons. The molecule has 1 rings (SSSR count). The molecule has 0 spiro atoms. The highest BCUT2D eigenvalue weighted by molar-refractivity contribution is 5.72. The molecule has 0 bridgehead atoms. The van der Waals surface area contributed by atoms with Crippen molar-refractivity contribution < 1.29 is 18.3 Å². The molecular weight excluding hydrogens is 180 g/mol. The Morgan fingerprint density at radius 1 is 1.62 bits per heavy atom. The van der Waals surface area contributed by atoms with E-state index in [0.29, 0.717) is 6.29 Å². The number of carbonyl (C=O) groups is 1. The normalized spacial score (nSPS) is 10.2. The molecule has 0 N–H and O–H groups in total. The molecule has 1 aromatic rings. The second-order valence-electron chi connectivity index (χ2n) is 2.27. The van der Waals surface area contributed by atoms with Gasteiger partial charge in [-0.15, -0.1) is 0 Å². The molecule has 0 fully saturated rings. The first-order valence-corrected chi connectivity index (χ1v) is 3.46. The van der Waals surface area contributed by atoms with Crippen LogP contribution in [-0.2, 0) is 0 Å². The summed E-state index contributed by atoms with van der Waals surface area (Å²) in [5, 5.41) is 0. The van der Waals surface area contributed by atoms with Crippen LogP contribution in [0.25, 0.3) is 0 Å². The number of halogens is 2. The number of alkyl halides is 2. The summed E-state index contributed by atoms with van der Waals surface area (Å²) in [5.74, 6) is -0.0212. The van der Waals surface area contributed by atoms with E-state index in [1.807, 2.05) is 0 Å². The molecule has 3 nitrogen and oxygen atoms in total. The van der Waals surface area contributed by atoms with Crippen LogP contribution >= 0.6 is 0 Å². The molecule has 0 aliphatic rings. The van der Waals surface area contributed by atoms with Crippen molar-refractivity contribution in [3.8, 4) is 5.75 Å². The second-order valence-corrected chi connectivity index (χ2v) is 2.27. The fraction of sp³-hybridized carbons (Fsp3) is 0.250. The van der Waals surface area contributed by atoms with E-state index in [0.717, 1.165) is 6.20 Å². The van der Waals surface area contributed by atoms with Gasteiger partial charge in [-0.05, 0) is 0 Å². The monoisotopic (exact) mass is 187 g/mol. The third-order valence-electron chi connectivity index (χ3n) is 1.49. The molecule has 1 aromatic heterocycles. The van der Waals surface area contributed by atoms with Gasteiger partial charge >= 0.3 is 0 Å². The third kappa shape index (κ3) is 1.99. The average Bonchev–Trinajstić information content (AvgIpc) is 2.16. The van der Waals surface area contributed by atoms with E-state index in [2.05, 4.69) is 9.72 Å². The Bertz CT molecular complexity index is 315. The van der Waals surface area contributed by atoms with Gasteiger partial charge in [-0.1, -0.05) is 0 Å². The maximum atomic E-state index is 12.2. The van der Waals surface area contributed by atoms with Crippen molar-refractivity contribution in [3.63, 3.8) is 0 Å². The summed E-state index contributed by atoms with van der Waals surface area (Å²) in [6.07, 6.45) is -1.24. The van der Waals surface area contributed by atoms with Crippen molar-refractivity contribution in [2.75, 3.05) is 7.11 Å². The second kappa shape index (κ2) is 3.93. The van der Waals surface area contributed by atoms with Crippen LogP contribution in [0.1, 0.15) is 22.5 Å². The molecule has 0 aliphatic carbocycles. The van der Waals surface area contributed by atoms with Gasteiger partial charge in [0.05, 0.1) is 12.7 Å². The molecule has 5 heteroatoms. The topological polar surface area (TPSA) is 39.2 Å². The maximum absolute atomic E-state index is 12.2. The van der Waals surface area contributed by atoms with Crippen molar-refractivity contribution in [1.29, 1.82) is 0 Å². The molecule has 0 atom stereocenters. The Morgan fingerprint density at radius 3 is 2.77 bits per heavy atom. The van der Waals surface area contributed by atoms with Gasteiger partial charge in [0.25, 0.3) is 6.43 Å². The number of rotatable bonds is 3. The van der Waals surface area contributed by atoms with Gasteiger partial charge in [0.2, 0.25) is 0 Å². The highest BCUT2D eigenvalue weighted by atomic mass is 19.3. The van der Waals surface area contributed by atoms with E-state index in [4.69, 9.17) is 0 Å². The van der Waals surface area contributed by atoms with Crippen molar-refractivity contribution in [2.24, 2.45) is 0 Å². The minimum absolute atomic E-state index is 0.0212. The van der Waals surface area contributed by atoms with E-state index >= 15 is 0 Å². The smallest absolute Gasteiger partial charge is 0.268 e. The number of ether oxygens (including phenoxy) is 1. The van der Waals surface area contributed by atoms with Gasteiger partial charge in [-0.2, -0.15) is 0 Å². The predicted octanol–water partition coefficient (Wildman–Crippen LogP) is 1.84. The summed E-state index contributed by atoms with van der Waals surface area (Å²) >= 11 is 0. The zero-order valence-electron chi connectivity index (χ0n) is 6.83. The lowest BCUT2D eigenvalue weighted by Gasteiger charge is -2.06. The number of aromatic nitrogens is 1. The summed E-state index contributed by atoms with van der Waals surface area (Å²) in [5.41, 5.74) is -0.241. The summed E-state index contributed by atoms with van der Waals surface area (Å²) in [4.78, 5) is 13.7. The van der Waals surface area contributed by atoms with Crippen molar-refractivity contribution in [3.05, 3.63) is 23.5 Å². The van der Waals surface area contributed by atoms with Gasteiger partial charge in [-0.3, -0.25) is 9.78 Å². The molecule has 70 valence electrons. The lowest BCUT2D eigenvalue weighted by atomic mass is 10.2. The average molecular weight is 187 g/mol. The quantitative estimate of drug-likeness (QED) is 0.677. The number of nitrogens with zero attached hydrogens (tertiary/aromatic N) is 1. The van der Waals surface area contributed by atoms with Crippen LogP contribution in [0.2, 0.25) is 0 Å². The minimum atomic E-state index is -2.65. The zero-order valence-corrected chi connectivity index (χ0v) is 6.83. The Labute approximate surface area is 73.4 Å². The molecular formula is C8H7F2NO2. The van der Waals surface area contributed by atoms with Crippen molar-refractivity contribution in [1.82, 2.24) is 4.98 Å². The fourth-order valence-corrected chi connectivity index (χ4v) is 0.868. The molecule has 0 aromatic carbocycles. The first-order chi connectivity index (χ1) is 6.19. The Morgan fingerprint density at radius 2 is 2.31 bits per heavy atom. The van der Waals surface area contributed by atoms with Crippen LogP contribution < -0.4 is 4.74 Å². The van der Waals surface area contributed by atoms with Crippen LogP contribution in [0.15, 0.2) is 12.3 Å². The number of hydrogen-bond acceptors (Lipinski definition) is 3. The van der Waals surface area contributed by atoms with Crippen LogP contribution in [0, 0.1) is 0 Å². The Kier molecular flexibility index (Phi) is 2.89. The number of methoxy groups -OCH3 is 1. The number of pyridine rings is 1. The van der Waals surface area contributed by atoms with E-state index in [1.54, 1.807) is 0 Å². The number of hydrogen-bond donors (Lipinski definition) is 0. The Balaban J connectivity index is 3.15. The van der Waals surface area contributed by atoms with Crippen molar-refractivity contribution >= 4 is 6.29 Å². The molecule has 0 saturated carbocycles. The lowest BCUT2D eigenvalue weighted by molar-refractivity contribution is 0.111. The largest absolute Gasteiger partial charge is 0.496 e. The van der Waals surface area contributed by atoms with Crippen LogP contribution in [-0.4, -0.2) is 18.4 Å². The fourth-order valence-electron chi connectivity index (χ4n) is 0.868. The van der Waals surface area contributed by atoms with Gasteiger partial charge < -0.3 is 4.74 Å². The lowest BCUT2D eigenvalue weighted by Crippen LogP contribution is -1.96. The summed E-state index contributed by atoms with van der Waals surface area (Å²) < 4.78 is 29.2. The molecule has 0 amide bonds. The van der Waals surface area contributed by atoms with E-state index in [-0.39, 0.29) is 17.0 Å². The SMILES string of the molecule is COc1cc(C=O)ncc1C(F)F. The van der Waals surface area contributed by atoms with Gasteiger partial charge in [0.15, 0.2) is 6.29 Å². The Hall–Kier alpha value is -1.52. The summed E-state index contributed by atoms with van der Waals surface area (Å²) in [7, 11) is 1.26. The number of carbonyl (C=O) groups excluding carboxylic acids is 1.